The number of hydrogen-bond acceptors (Lipinski definition) is 10. The van der Waals surface area contributed by atoms with Crippen LogP contribution in [0.4, 0.5) is 4.39 Å². The van der Waals surface area contributed by atoms with E-state index in [2.05, 4.69) is 18.6 Å². The van der Waals surface area contributed by atoms with E-state index in [9.17, 15) is 27.2 Å². The first kappa shape index (κ1) is 42.0. The summed E-state index contributed by atoms with van der Waals surface area (Å²) in [6.07, 6.45) is 8.99. The molecule has 14 heteroatoms. The molecule has 0 radical (unpaired) electrons. The molecule has 0 bridgehead atoms. The van der Waals surface area contributed by atoms with Crippen molar-refractivity contribution in [2.75, 3.05) is 13.7 Å². The quantitative estimate of drug-likeness (QED) is 0.156. The van der Waals surface area contributed by atoms with Crippen LogP contribution in [0.1, 0.15) is 101 Å². The summed E-state index contributed by atoms with van der Waals surface area (Å²) in [7, 11) is -2.24. The Morgan fingerprint density at radius 3 is 2.55 bits per heavy atom. The maximum Gasteiger partial charge on any atom is 0.240 e. The number of thiazole rings is 1. The Balaban J connectivity index is 1.15. The number of fused-ring (bicyclic) bond motifs is 3. The van der Waals surface area contributed by atoms with Gasteiger partial charge in [-0.15, -0.1) is 11.3 Å². The molecule has 4 heterocycles. The van der Waals surface area contributed by atoms with Gasteiger partial charge >= 0.3 is 0 Å². The molecule has 2 amide bonds. The third kappa shape index (κ3) is 8.72. The number of nitrogens with zero attached hydrogens (tertiary/aromatic N) is 3. The zero-order valence-electron chi connectivity index (χ0n) is 34.6. The number of methoxy groups -OCH3 is 1. The molecule has 8 rings (SSSR count). The Morgan fingerprint density at radius 2 is 1.83 bits per heavy atom. The van der Waals surface area contributed by atoms with Crippen LogP contribution < -0.4 is 14.2 Å². The number of amides is 2. The molecule has 60 heavy (non-hydrogen) atoms. The van der Waals surface area contributed by atoms with Gasteiger partial charge in [-0.3, -0.25) is 19.1 Å². The van der Waals surface area contributed by atoms with Gasteiger partial charge in [-0.05, 0) is 93.5 Å². The molecule has 0 spiro atoms. The highest BCUT2D eigenvalue weighted by molar-refractivity contribution is 7.90. The van der Waals surface area contributed by atoms with Crippen molar-refractivity contribution < 1.29 is 36.7 Å². The summed E-state index contributed by atoms with van der Waals surface area (Å²) in [5.41, 5.74) is 2.70. The van der Waals surface area contributed by atoms with Crippen LogP contribution in [0.2, 0.25) is 0 Å². The van der Waals surface area contributed by atoms with Crippen LogP contribution in [0.5, 0.6) is 11.5 Å². The number of aryl methyl sites for hydroxylation is 1. The molecular weight excluding hydrogens is 804 g/mol. The average Bonchev–Trinajstić information content (AvgIpc) is 4.10. The molecule has 1 N–H and O–H groups in total. The summed E-state index contributed by atoms with van der Waals surface area (Å²) < 4.78 is 54.8. The molecule has 2 aromatic heterocycles. The van der Waals surface area contributed by atoms with E-state index in [1.807, 2.05) is 42.7 Å². The van der Waals surface area contributed by atoms with Crippen LogP contribution in [-0.2, 0) is 30.8 Å². The lowest BCUT2D eigenvalue weighted by Crippen LogP contribution is -2.46. The van der Waals surface area contributed by atoms with Gasteiger partial charge in [0.1, 0.15) is 34.1 Å². The van der Waals surface area contributed by atoms with Crippen LogP contribution in [0, 0.1) is 30.0 Å². The van der Waals surface area contributed by atoms with Crippen molar-refractivity contribution in [1.82, 2.24) is 19.6 Å². The highest BCUT2D eigenvalue weighted by atomic mass is 32.2. The van der Waals surface area contributed by atoms with Crippen LogP contribution >= 0.6 is 11.3 Å². The molecule has 2 aliphatic heterocycles. The normalized spacial score (nSPS) is 25.6. The van der Waals surface area contributed by atoms with Gasteiger partial charge < -0.3 is 14.4 Å². The number of carbonyl (C=O) groups excluding carboxylic acids is 3. The van der Waals surface area contributed by atoms with Crippen LogP contribution in [0.3, 0.4) is 0 Å². The molecule has 1 saturated heterocycles. The number of rotatable bonds is 10. The molecule has 11 nitrogen and oxygen atoms in total. The lowest BCUT2D eigenvalue weighted by molar-refractivity contribution is -0.142. The van der Waals surface area contributed by atoms with E-state index in [4.69, 9.17) is 19.4 Å². The Morgan fingerprint density at radius 1 is 1.05 bits per heavy atom. The fourth-order valence-electron chi connectivity index (χ4n) is 8.88. The van der Waals surface area contributed by atoms with Gasteiger partial charge in [-0.25, -0.2) is 22.8 Å². The van der Waals surface area contributed by atoms with Gasteiger partial charge in [-0.1, -0.05) is 51.0 Å². The maximum atomic E-state index is 14.9. The summed E-state index contributed by atoms with van der Waals surface area (Å²) in [4.78, 5) is 55.2. The minimum atomic E-state index is -3.85. The number of hydrogen-bond donors (Lipinski definition) is 1. The van der Waals surface area contributed by atoms with Crippen molar-refractivity contribution in [2.45, 2.75) is 115 Å². The average molecular weight is 857 g/mol. The van der Waals surface area contributed by atoms with Gasteiger partial charge in [0.25, 0.3) is 0 Å². The minimum Gasteiger partial charge on any atom is -0.496 e. The second kappa shape index (κ2) is 17.0. The van der Waals surface area contributed by atoms with E-state index in [0.717, 1.165) is 52.9 Å². The Kier molecular flexibility index (Phi) is 11.9. The van der Waals surface area contributed by atoms with Crippen LogP contribution in [0.25, 0.3) is 21.6 Å². The molecule has 2 aliphatic carbocycles. The van der Waals surface area contributed by atoms with E-state index in [-0.39, 0.29) is 48.7 Å². The zero-order chi connectivity index (χ0) is 42.3. The number of sulfonamides is 1. The van der Waals surface area contributed by atoms with Crippen molar-refractivity contribution in [3.05, 3.63) is 82.6 Å². The topological polar surface area (TPSA) is 145 Å². The third-order valence-corrected chi connectivity index (χ3v) is 15.4. The van der Waals surface area contributed by atoms with E-state index in [1.165, 1.54) is 23.5 Å². The highest BCUT2D eigenvalue weighted by Crippen LogP contribution is 2.57. The number of allylic oxidation sites excluding steroid dienone is 2. The first-order valence-corrected chi connectivity index (χ1v) is 23.6. The fourth-order valence-corrected chi connectivity index (χ4v) is 11.2. The van der Waals surface area contributed by atoms with E-state index < -0.39 is 44.7 Å². The van der Waals surface area contributed by atoms with Crippen molar-refractivity contribution in [3.8, 4) is 22.2 Å². The van der Waals surface area contributed by atoms with Crippen molar-refractivity contribution in [3.63, 3.8) is 0 Å². The maximum absolute atomic E-state index is 14.9. The van der Waals surface area contributed by atoms with Gasteiger partial charge in [0.15, 0.2) is 5.78 Å². The number of aromatic nitrogens is 2. The number of pyridine rings is 1. The summed E-state index contributed by atoms with van der Waals surface area (Å²) in [6, 6.07) is 10.9. The van der Waals surface area contributed by atoms with Gasteiger partial charge in [0, 0.05) is 41.2 Å². The highest BCUT2D eigenvalue weighted by Gasteiger charge is 2.61. The molecule has 2 saturated carbocycles. The van der Waals surface area contributed by atoms with Crippen LogP contribution in [0.15, 0.2) is 60.0 Å². The zero-order valence-corrected chi connectivity index (χ0v) is 36.2. The first-order chi connectivity index (χ1) is 28.8. The van der Waals surface area contributed by atoms with E-state index in [0.29, 0.717) is 54.8 Å². The van der Waals surface area contributed by atoms with Crippen molar-refractivity contribution in [1.29, 1.82) is 0 Å². The van der Waals surface area contributed by atoms with Gasteiger partial charge in [0.2, 0.25) is 21.8 Å². The minimum absolute atomic E-state index is 0.122. The lowest BCUT2D eigenvalue weighted by Gasteiger charge is -2.29. The summed E-state index contributed by atoms with van der Waals surface area (Å²) in [5.74, 6) is -0.844. The van der Waals surface area contributed by atoms with Gasteiger partial charge in [0.05, 0.1) is 41.6 Å². The summed E-state index contributed by atoms with van der Waals surface area (Å²) in [5, 5.41) is 2.92. The number of carbonyl (C=O) groups is 3. The number of nitrogens with one attached hydrogen (secondary N) is 1. The first-order valence-electron chi connectivity index (χ1n) is 21.2. The van der Waals surface area contributed by atoms with E-state index in [1.54, 1.807) is 24.1 Å². The molecule has 4 aliphatic rings. The smallest absolute Gasteiger partial charge is 0.240 e. The lowest BCUT2D eigenvalue weighted by atomic mass is 9.90. The summed E-state index contributed by atoms with van der Waals surface area (Å²) >= 11 is 1.50. The largest absolute Gasteiger partial charge is 0.496 e. The second-order valence-electron chi connectivity index (χ2n) is 17.4. The molecule has 4 aromatic rings. The van der Waals surface area contributed by atoms with Crippen molar-refractivity contribution >= 4 is 49.9 Å². The molecule has 3 fully saturated rings. The third-order valence-electron chi connectivity index (χ3n) is 12.7. The number of ketones is 1. The Bertz CT molecular complexity index is 2430. The van der Waals surface area contributed by atoms with Crippen LogP contribution in [-0.4, -0.2) is 71.9 Å². The fraction of sp³-hybridized carbons (Fsp3) is 0.500. The molecular formula is C46H53FN4O7S2. The number of benzene rings is 2. The Labute approximate surface area is 355 Å². The summed E-state index contributed by atoms with van der Waals surface area (Å²) in [6.45, 7) is 6.24. The molecule has 2 aromatic carbocycles. The standard InChI is InChI=1S/C46H53FN4O7S2/c1-27(2)37-26-59-43(49-37)36-22-41(35-18-19-40(57-4)28(3)42(35)48-36)58-33-21-38-39(52)24-46(45(54)50-60(55,56)34-16-17-34)23-31(46)11-9-7-5-6-8-10-30(44(53)51(38)25-33)20-29-12-14-32(47)15-13-29/h9,11-15,18-19,22,26-27,30-31,33-34,38H,5-8,10,16-17,20-21,23-25H2,1-4H3,(H,50,54)/b11-9-/t30-,31+,33-,38+,46-/m1/s1. The number of halogens is 1. The molecule has 318 valence electrons. The van der Waals surface area contributed by atoms with Gasteiger partial charge in [-0.2, -0.15) is 0 Å². The Hall–Kier alpha value is -4.69. The predicted molar refractivity (Wildman–Crippen MR) is 229 cm³/mol. The monoisotopic (exact) mass is 856 g/mol. The molecule has 0 unspecified atom stereocenters. The van der Waals surface area contributed by atoms with E-state index >= 15 is 0 Å². The molecule has 5 atom stereocenters. The SMILES string of the molecule is COc1ccc2c(O[C@@H]3C[C@H]4C(=O)C[C@]5(C(=O)NS(=O)(=O)C6CC6)C[C@@H]5/C=C\CCCCC[C@H](Cc5ccc(F)cc5)C(=O)N4C3)cc(-c3nc(C(C)C)cs3)nc2c1C. The number of ether oxygens (including phenoxy) is 2. The predicted octanol–water partition coefficient (Wildman–Crippen LogP) is 8.24. The second-order valence-corrected chi connectivity index (χ2v) is 20.2. The number of Topliss-reactive ketones (excluding diaryl/α,β-unsaturated/α-hetero) is 1. The van der Waals surface area contributed by atoms with Crippen molar-refractivity contribution in [2.24, 2.45) is 17.3 Å².